The monoisotopic (exact) mass is 177 g/mol. The SMILES string of the molecule is N=C(N)C(F)(F)C1CCCNC1. The molecule has 1 rings (SSSR count). The standard InChI is InChI=1S/C7H13F2N3/c8-7(9,6(10)11)5-2-1-3-12-4-5/h5,12H,1-4H2,(H3,10,11). The van der Waals surface area contributed by atoms with Gasteiger partial charge in [0.1, 0.15) is 0 Å². The Bertz CT molecular complexity index is 175. The highest BCUT2D eigenvalue weighted by Gasteiger charge is 2.42. The molecule has 1 unspecified atom stereocenters. The van der Waals surface area contributed by atoms with Gasteiger partial charge in [-0.25, -0.2) is 0 Å². The Kier molecular flexibility index (Phi) is 2.62. The van der Waals surface area contributed by atoms with Gasteiger partial charge in [-0.3, -0.25) is 5.41 Å². The number of nitrogens with one attached hydrogen (secondary N) is 2. The molecule has 0 spiro atoms. The van der Waals surface area contributed by atoms with Crippen LogP contribution in [0, 0.1) is 11.3 Å². The predicted octanol–water partition coefficient (Wildman–Crippen LogP) is 0.557. The number of alkyl halides is 2. The largest absolute Gasteiger partial charge is 0.383 e. The van der Waals surface area contributed by atoms with Crippen molar-refractivity contribution in [2.45, 2.75) is 18.8 Å². The quantitative estimate of drug-likeness (QED) is 0.426. The van der Waals surface area contributed by atoms with E-state index in [0.29, 0.717) is 6.42 Å². The van der Waals surface area contributed by atoms with E-state index in [1.54, 1.807) is 0 Å². The summed E-state index contributed by atoms with van der Waals surface area (Å²) in [6, 6.07) is 0. The molecule has 0 bridgehead atoms. The molecule has 1 aliphatic heterocycles. The molecule has 0 aromatic rings. The van der Waals surface area contributed by atoms with Gasteiger partial charge in [0.25, 0.3) is 0 Å². The minimum Gasteiger partial charge on any atom is -0.383 e. The molecule has 1 fully saturated rings. The molecule has 0 aromatic carbocycles. The van der Waals surface area contributed by atoms with Crippen molar-refractivity contribution in [3.8, 4) is 0 Å². The van der Waals surface area contributed by atoms with Gasteiger partial charge in [0.15, 0.2) is 5.84 Å². The molecule has 70 valence electrons. The predicted molar refractivity (Wildman–Crippen MR) is 42.5 cm³/mol. The molecule has 12 heavy (non-hydrogen) atoms. The first kappa shape index (κ1) is 9.38. The van der Waals surface area contributed by atoms with Crippen LogP contribution in [0.1, 0.15) is 12.8 Å². The van der Waals surface area contributed by atoms with Crippen LogP contribution in [-0.2, 0) is 0 Å². The number of nitrogens with two attached hydrogens (primary N) is 1. The molecule has 1 atom stereocenters. The molecule has 5 heteroatoms. The lowest BCUT2D eigenvalue weighted by atomic mass is 9.92. The van der Waals surface area contributed by atoms with E-state index in [1.807, 2.05) is 0 Å². The number of rotatable bonds is 2. The Morgan fingerprint density at radius 2 is 2.25 bits per heavy atom. The van der Waals surface area contributed by atoms with E-state index >= 15 is 0 Å². The van der Waals surface area contributed by atoms with Crippen molar-refractivity contribution in [1.29, 1.82) is 5.41 Å². The van der Waals surface area contributed by atoms with Crippen LogP contribution < -0.4 is 11.1 Å². The molecule has 0 aromatic heterocycles. The van der Waals surface area contributed by atoms with Crippen molar-refractivity contribution in [3.05, 3.63) is 0 Å². The normalized spacial score (nSPS) is 25.3. The first-order valence-corrected chi connectivity index (χ1v) is 3.98. The second-order valence-corrected chi connectivity index (χ2v) is 3.08. The maximum Gasteiger partial charge on any atom is 0.307 e. The molecular formula is C7H13F2N3. The average molecular weight is 177 g/mol. The number of hydrogen-bond donors (Lipinski definition) is 3. The van der Waals surface area contributed by atoms with E-state index in [9.17, 15) is 8.78 Å². The molecule has 0 saturated carbocycles. The van der Waals surface area contributed by atoms with E-state index in [-0.39, 0.29) is 6.54 Å². The summed E-state index contributed by atoms with van der Waals surface area (Å²) >= 11 is 0. The summed E-state index contributed by atoms with van der Waals surface area (Å²) in [5, 5.41) is 9.60. The molecule has 1 heterocycles. The Morgan fingerprint density at radius 1 is 1.58 bits per heavy atom. The Balaban J connectivity index is 2.59. The lowest BCUT2D eigenvalue weighted by Gasteiger charge is -2.29. The van der Waals surface area contributed by atoms with Crippen LogP contribution in [0.4, 0.5) is 8.78 Å². The van der Waals surface area contributed by atoms with Crippen LogP contribution in [0.2, 0.25) is 0 Å². The molecule has 1 saturated heterocycles. The van der Waals surface area contributed by atoms with Gasteiger partial charge in [-0.15, -0.1) is 0 Å². The van der Waals surface area contributed by atoms with Crippen molar-refractivity contribution >= 4 is 5.84 Å². The molecule has 0 amide bonds. The zero-order valence-corrected chi connectivity index (χ0v) is 6.74. The maximum absolute atomic E-state index is 13.0. The molecule has 1 aliphatic rings. The van der Waals surface area contributed by atoms with E-state index in [1.165, 1.54) is 0 Å². The number of hydrogen-bond acceptors (Lipinski definition) is 2. The maximum atomic E-state index is 13.0. The first-order chi connectivity index (χ1) is 5.55. The van der Waals surface area contributed by atoms with Gasteiger partial charge >= 0.3 is 5.92 Å². The second-order valence-electron chi connectivity index (χ2n) is 3.08. The molecule has 0 aliphatic carbocycles. The summed E-state index contributed by atoms with van der Waals surface area (Å²) in [4.78, 5) is 0. The third-order valence-corrected chi connectivity index (χ3v) is 2.17. The van der Waals surface area contributed by atoms with Crippen molar-refractivity contribution in [2.24, 2.45) is 11.7 Å². The fourth-order valence-corrected chi connectivity index (χ4v) is 1.38. The number of amidine groups is 1. The summed E-state index contributed by atoms with van der Waals surface area (Å²) in [6.07, 6.45) is 1.17. The highest BCUT2D eigenvalue weighted by Crippen LogP contribution is 2.29. The van der Waals surface area contributed by atoms with Gasteiger partial charge in [0.05, 0.1) is 0 Å². The Hall–Kier alpha value is -0.710. The summed E-state index contributed by atoms with van der Waals surface area (Å²) in [5.74, 6) is -4.95. The van der Waals surface area contributed by atoms with Crippen LogP contribution in [0.15, 0.2) is 0 Å². The fourth-order valence-electron chi connectivity index (χ4n) is 1.38. The lowest BCUT2D eigenvalue weighted by Crippen LogP contribution is -2.48. The van der Waals surface area contributed by atoms with Crippen LogP contribution in [0.5, 0.6) is 0 Å². The van der Waals surface area contributed by atoms with Crippen LogP contribution >= 0.6 is 0 Å². The van der Waals surface area contributed by atoms with Crippen LogP contribution in [0.25, 0.3) is 0 Å². The third-order valence-electron chi connectivity index (χ3n) is 2.17. The zero-order valence-electron chi connectivity index (χ0n) is 6.74. The fraction of sp³-hybridized carbons (Fsp3) is 0.857. The lowest BCUT2D eigenvalue weighted by molar-refractivity contribution is -0.000242. The first-order valence-electron chi connectivity index (χ1n) is 3.98. The topological polar surface area (TPSA) is 61.9 Å². The second kappa shape index (κ2) is 3.35. The van der Waals surface area contributed by atoms with Gasteiger partial charge in [-0.1, -0.05) is 0 Å². The van der Waals surface area contributed by atoms with Crippen LogP contribution in [-0.4, -0.2) is 24.8 Å². The van der Waals surface area contributed by atoms with Crippen molar-refractivity contribution in [2.75, 3.05) is 13.1 Å². The average Bonchev–Trinajstić information content (AvgIpc) is 2.06. The zero-order chi connectivity index (χ0) is 9.19. The summed E-state index contributed by atoms with van der Waals surface area (Å²) in [7, 11) is 0. The summed E-state index contributed by atoms with van der Waals surface area (Å²) in [5.41, 5.74) is 4.81. The van der Waals surface area contributed by atoms with Crippen molar-refractivity contribution < 1.29 is 8.78 Å². The molecular weight excluding hydrogens is 164 g/mol. The summed E-state index contributed by atoms with van der Waals surface area (Å²) < 4.78 is 26.1. The van der Waals surface area contributed by atoms with Gasteiger partial charge in [0, 0.05) is 12.5 Å². The smallest absolute Gasteiger partial charge is 0.307 e. The molecule has 4 N–H and O–H groups in total. The van der Waals surface area contributed by atoms with E-state index in [0.717, 1.165) is 13.0 Å². The van der Waals surface area contributed by atoms with Gasteiger partial charge in [0.2, 0.25) is 0 Å². The van der Waals surface area contributed by atoms with E-state index in [2.05, 4.69) is 5.32 Å². The van der Waals surface area contributed by atoms with Gasteiger partial charge in [-0.2, -0.15) is 8.78 Å². The highest BCUT2D eigenvalue weighted by atomic mass is 19.3. The molecule has 3 nitrogen and oxygen atoms in total. The van der Waals surface area contributed by atoms with Gasteiger partial charge in [-0.05, 0) is 19.4 Å². The Morgan fingerprint density at radius 3 is 2.67 bits per heavy atom. The van der Waals surface area contributed by atoms with Crippen molar-refractivity contribution in [3.63, 3.8) is 0 Å². The minimum absolute atomic E-state index is 0.257. The number of piperidine rings is 1. The van der Waals surface area contributed by atoms with E-state index in [4.69, 9.17) is 11.1 Å². The highest BCUT2D eigenvalue weighted by molar-refractivity contribution is 5.84. The van der Waals surface area contributed by atoms with E-state index < -0.39 is 17.7 Å². The Labute approximate surface area is 69.8 Å². The molecule has 0 radical (unpaired) electrons. The minimum atomic E-state index is -3.13. The van der Waals surface area contributed by atoms with Crippen LogP contribution in [0.3, 0.4) is 0 Å². The summed E-state index contributed by atoms with van der Waals surface area (Å²) in [6.45, 7) is 1.04. The third kappa shape index (κ3) is 1.72. The van der Waals surface area contributed by atoms with Gasteiger partial charge < -0.3 is 11.1 Å². The van der Waals surface area contributed by atoms with Crippen molar-refractivity contribution in [1.82, 2.24) is 5.32 Å². The number of halogens is 2.